The second-order valence-corrected chi connectivity index (χ2v) is 5.12. The Balaban J connectivity index is 1.67. The van der Waals surface area contributed by atoms with E-state index in [2.05, 4.69) is 18.3 Å². The third kappa shape index (κ3) is 2.85. The number of rotatable bonds is 5. The lowest BCUT2D eigenvalue weighted by atomic mass is 10.1. The van der Waals surface area contributed by atoms with Crippen molar-refractivity contribution in [2.24, 2.45) is 0 Å². The minimum Gasteiger partial charge on any atom is -0.491 e. The quantitative estimate of drug-likeness (QED) is 0.884. The van der Waals surface area contributed by atoms with Gasteiger partial charge in [-0.05, 0) is 25.1 Å². The highest BCUT2D eigenvalue weighted by Gasteiger charge is 2.24. The minimum absolute atomic E-state index is 0.188. The Morgan fingerprint density at radius 1 is 1.37 bits per heavy atom. The largest absolute Gasteiger partial charge is 0.491 e. The zero-order chi connectivity index (χ0) is 13.1. The van der Waals surface area contributed by atoms with Gasteiger partial charge in [-0.25, -0.2) is 0 Å². The highest BCUT2D eigenvalue weighted by atomic mass is 16.5. The van der Waals surface area contributed by atoms with Crippen molar-refractivity contribution in [2.45, 2.75) is 31.9 Å². The van der Waals surface area contributed by atoms with E-state index in [1.54, 1.807) is 0 Å². The molecule has 4 heteroatoms. The van der Waals surface area contributed by atoms with Crippen LogP contribution in [0.3, 0.4) is 0 Å². The maximum Gasteiger partial charge on any atom is 0.128 e. The van der Waals surface area contributed by atoms with Gasteiger partial charge in [-0.2, -0.15) is 0 Å². The second-order valence-electron chi connectivity index (χ2n) is 5.12. The van der Waals surface area contributed by atoms with Crippen molar-refractivity contribution in [3.63, 3.8) is 0 Å². The molecule has 1 aromatic rings. The Morgan fingerprint density at radius 3 is 3.11 bits per heavy atom. The summed E-state index contributed by atoms with van der Waals surface area (Å²) in [4.78, 5) is 0. The van der Waals surface area contributed by atoms with Crippen LogP contribution in [0.2, 0.25) is 0 Å². The Bertz CT molecular complexity index is 429. The first kappa shape index (κ1) is 12.8. The van der Waals surface area contributed by atoms with E-state index in [4.69, 9.17) is 14.2 Å². The molecule has 2 heterocycles. The average Bonchev–Trinajstić information content (AvgIpc) is 3.06. The fraction of sp³-hybridized carbons (Fsp3) is 0.600. The Morgan fingerprint density at radius 2 is 2.32 bits per heavy atom. The van der Waals surface area contributed by atoms with Crippen molar-refractivity contribution < 1.29 is 14.2 Å². The molecule has 0 aliphatic carbocycles. The van der Waals surface area contributed by atoms with Crippen LogP contribution in [0.25, 0.3) is 0 Å². The third-order valence-electron chi connectivity index (χ3n) is 3.60. The number of fused-ring (bicyclic) bond motifs is 1. The van der Waals surface area contributed by atoms with Gasteiger partial charge in [0.1, 0.15) is 24.2 Å². The van der Waals surface area contributed by atoms with E-state index >= 15 is 0 Å². The molecule has 19 heavy (non-hydrogen) atoms. The minimum atomic E-state index is 0.188. The van der Waals surface area contributed by atoms with E-state index < -0.39 is 0 Å². The van der Waals surface area contributed by atoms with Crippen LogP contribution in [0.1, 0.15) is 31.4 Å². The molecule has 1 fully saturated rings. The van der Waals surface area contributed by atoms with Gasteiger partial charge in [-0.1, -0.05) is 6.92 Å². The predicted octanol–water partition coefficient (Wildman–Crippen LogP) is 2.29. The molecule has 1 N–H and O–H groups in total. The molecule has 0 bridgehead atoms. The Labute approximate surface area is 114 Å². The molecular weight excluding hydrogens is 242 g/mol. The van der Waals surface area contributed by atoms with Crippen molar-refractivity contribution in [1.29, 1.82) is 0 Å². The standard InChI is InChI=1S/C15H21NO3/c1-2-6-16-14-10-18-15-8-11(3-4-13(14)15)19-12-5-7-17-9-12/h3-4,8,12,14,16H,2,5-7,9-10H2,1H3. The lowest BCUT2D eigenvalue weighted by Gasteiger charge is -2.13. The van der Waals surface area contributed by atoms with Gasteiger partial charge in [0, 0.05) is 18.1 Å². The molecule has 0 spiro atoms. The van der Waals surface area contributed by atoms with E-state index in [1.165, 1.54) is 5.56 Å². The van der Waals surface area contributed by atoms with Gasteiger partial charge in [0.15, 0.2) is 0 Å². The van der Waals surface area contributed by atoms with E-state index in [9.17, 15) is 0 Å². The predicted molar refractivity (Wildman–Crippen MR) is 72.8 cm³/mol. The maximum atomic E-state index is 5.89. The van der Waals surface area contributed by atoms with Gasteiger partial charge in [0.25, 0.3) is 0 Å². The van der Waals surface area contributed by atoms with E-state index in [1.807, 2.05) is 12.1 Å². The summed E-state index contributed by atoms with van der Waals surface area (Å²) < 4.78 is 16.9. The highest BCUT2D eigenvalue weighted by Crippen LogP contribution is 2.35. The Kier molecular flexibility index (Phi) is 3.89. The molecule has 2 atom stereocenters. The monoisotopic (exact) mass is 263 g/mol. The first-order chi connectivity index (χ1) is 9.36. The van der Waals surface area contributed by atoms with Crippen molar-refractivity contribution in [3.05, 3.63) is 23.8 Å². The zero-order valence-corrected chi connectivity index (χ0v) is 11.4. The van der Waals surface area contributed by atoms with Gasteiger partial charge in [0.2, 0.25) is 0 Å². The highest BCUT2D eigenvalue weighted by molar-refractivity contribution is 5.45. The molecule has 0 saturated carbocycles. The molecule has 4 nitrogen and oxygen atoms in total. The fourth-order valence-corrected chi connectivity index (χ4v) is 2.55. The van der Waals surface area contributed by atoms with Crippen LogP contribution in [-0.4, -0.2) is 32.5 Å². The summed E-state index contributed by atoms with van der Waals surface area (Å²) in [5, 5.41) is 3.49. The SMILES string of the molecule is CCCNC1COc2cc(OC3CCOC3)ccc21. The lowest BCUT2D eigenvalue weighted by molar-refractivity contribution is 0.141. The van der Waals surface area contributed by atoms with Gasteiger partial charge >= 0.3 is 0 Å². The van der Waals surface area contributed by atoms with Gasteiger partial charge in [0.05, 0.1) is 19.3 Å². The second kappa shape index (κ2) is 5.80. The summed E-state index contributed by atoms with van der Waals surface area (Å²) >= 11 is 0. The van der Waals surface area contributed by atoms with Gasteiger partial charge < -0.3 is 19.5 Å². The maximum absolute atomic E-state index is 5.89. The molecule has 0 amide bonds. The molecule has 1 aromatic carbocycles. The average molecular weight is 263 g/mol. The number of hydrogen-bond acceptors (Lipinski definition) is 4. The number of benzene rings is 1. The van der Waals surface area contributed by atoms with Crippen molar-refractivity contribution in [2.75, 3.05) is 26.4 Å². The van der Waals surface area contributed by atoms with Crippen LogP contribution < -0.4 is 14.8 Å². The molecular formula is C15H21NO3. The molecule has 1 saturated heterocycles. The van der Waals surface area contributed by atoms with Crippen molar-refractivity contribution >= 4 is 0 Å². The molecule has 2 aliphatic heterocycles. The summed E-state index contributed by atoms with van der Waals surface area (Å²) in [6, 6.07) is 6.47. The topological polar surface area (TPSA) is 39.7 Å². The van der Waals surface area contributed by atoms with E-state index in [0.29, 0.717) is 19.3 Å². The number of ether oxygens (including phenoxy) is 3. The fourth-order valence-electron chi connectivity index (χ4n) is 2.55. The first-order valence-electron chi connectivity index (χ1n) is 7.11. The van der Waals surface area contributed by atoms with Crippen LogP contribution in [0, 0.1) is 0 Å². The van der Waals surface area contributed by atoms with Crippen LogP contribution >= 0.6 is 0 Å². The van der Waals surface area contributed by atoms with Crippen molar-refractivity contribution in [3.8, 4) is 11.5 Å². The van der Waals surface area contributed by atoms with Crippen LogP contribution in [0.5, 0.6) is 11.5 Å². The van der Waals surface area contributed by atoms with E-state index in [0.717, 1.165) is 37.5 Å². The van der Waals surface area contributed by atoms with E-state index in [-0.39, 0.29) is 6.10 Å². The summed E-state index contributed by atoms with van der Waals surface area (Å²) in [6.45, 7) is 5.40. The van der Waals surface area contributed by atoms with Crippen LogP contribution in [0.4, 0.5) is 0 Å². The van der Waals surface area contributed by atoms with Gasteiger partial charge in [-0.3, -0.25) is 0 Å². The summed E-state index contributed by atoms with van der Waals surface area (Å²) in [5.41, 5.74) is 1.24. The smallest absolute Gasteiger partial charge is 0.128 e. The molecule has 3 rings (SSSR count). The molecule has 0 aromatic heterocycles. The zero-order valence-electron chi connectivity index (χ0n) is 11.4. The first-order valence-corrected chi connectivity index (χ1v) is 7.11. The number of hydrogen-bond donors (Lipinski definition) is 1. The number of nitrogens with one attached hydrogen (secondary N) is 1. The summed E-state index contributed by atoms with van der Waals surface area (Å²) in [6.07, 6.45) is 2.29. The molecule has 104 valence electrons. The van der Waals surface area contributed by atoms with Crippen LogP contribution in [-0.2, 0) is 4.74 Å². The lowest BCUT2D eigenvalue weighted by Crippen LogP contribution is -2.23. The Hall–Kier alpha value is -1.26. The molecule has 0 radical (unpaired) electrons. The summed E-state index contributed by atoms with van der Waals surface area (Å²) in [5.74, 6) is 1.83. The van der Waals surface area contributed by atoms with Gasteiger partial charge in [-0.15, -0.1) is 0 Å². The summed E-state index contributed by atoms with van der Waals surface area (Å²) in [7, 11) is 0. The molecule has 2 unspecified atom stereocenters. The normalized spacial score (nSPS) is 25.1. The van der Waals surface area contributed by atoms with Crippen LogP contribution in [0.15, 0.2) is 18.2 Å². The molecule has 2 aliphatic rings. The third-order valence-corrected chi connectivity index (χ3v) is 3.60. The van der Waals surface area contributed by atoms with Crippen molar-refractivity contribution in [1.82, 2.24) is 5.32 Å².